The molecule has 0 bridgehead atoms. The molecule has 5 heteroatoms. The van der Waals surface area contributed by atoms with Crippen molar-refractivity contribution in [1.29, 1.82) is 0 Å². The lowest BCUT2D eigenvalue weighted by molar-refractivity contribution is -0.138. The number of rotatable bonds is 7. The quantitative estimate of drug-likeness (QED) is 0.742. The SMILES string of the molecule is CCc1cc(NCCCCCN)ccc1C(F)(F)F. The van der Waals surface area contributed by atoms with Crippen LogP contribution in [0.5, 0.6) is 0 Å². The molecule has 1 rings (SSSR count). The second kappa shape index (κ2) is 7.38. The molecule has 0 aliphatic heterocycles. The predicted octanol–water partition coefficient (Wildman–Crippen LogP) is 3.81. The molecular formula is C14H21F3N2. The fraction of sp³-hybridized carbons (Fsp3) is 0.571. The second-order valence-electron chi connectivity index (χ2n) is 4.50. The molecule has 1 aromatic carbocycles. The van der Waals surface area contributed by atoms with E-state index in [2.05, 4.69) is 5.32 Å². The van der Waals surface area contributed by atoms with Crippen molar-refractivity contribution in [2.24, 2.45) is 5.73 Å². The molecule has 0 unspecified atom stereocenters. The van der Waals surface area contributed by atoms with Crippen LogP contribution in [0.4, 0.5) is 18.9 Å². The van der Waals surface area contributed by atoms with Gasteiger partial charge in [-0.2, -0.15) is 13.2 Å². The maximum atomic E-state index is 12.7. The number of halogens is 3. The number of nitrogens with two attached hydrogens (primary N) is 1. The summed E-state index contributed by atoms with van der Waals surface area (Å²) in [6.45, 7) is 3.17. The maximum absolute atomic E-state index is 12.7. The molecule has 0 fully saturated rings. The summed E-state index contributed by atoms with van der Waals surface area (Å²) >= 11 is 0. The average Bonchev–Trinajstić information content (AvgIpc) is 2.37. The zero-order valence-electron chi connectivity index (χ0n) is 11.2. The van der Waals surface area contributed by atoms with E-state index in [1.807, 2.05) is 0 Å². The molecule has 0 spiro atoms. The molecule has 0 aromatic heterocycles. The minimum absolute atomic E-state index is 0.333. The fourth-order valence-corrected chi connectivity index (χ4v) is 1.95. The number of nitrogens with one attached hydrogen (secondary N) is 1. The van der Waals surface area contributed by atoms with Crippen LogP contribution in [-0.2, 0) is 12.6 Å². The van der Waals surface area contributed by atoms with Gasteiger partial charge in [-0.05, 0) is 49.6 Å². The summed E-state index contributed by atoms with van der Waals surface area (Å²) in [6.07, 6.45) is -0.915. The van der Waals surface area contributed by atoms with Gasteiger partial charge in [0.1, 0.15) is 0 Å². The standard InChI is InChI=1S/C14H21F3N2/c1-2-11-10-12(19-9-5-3-4-8-18)6-7-13(11)14(15,16)17/h6-7,10,19H,2-5,8-9,18H2,1H3. The van der Waals surface area contributed by atoms with Crippen molar-refractivity contribution in [3.63, 3.8) is 0 Å². The Kier molecular flexibility index (Phi) is 6.15. The highest BCUT2D eigenvalue weighted by Crippen LogP contribution is 2.33. The van der Waals surface area contributed by atoms with Crippen LogP contribution in [0, 0.1) is 0 Å². The van der Waals surface area contributed by atoms with Crippen molar-refractivity contribution in [3.05, 3.63) is 29.3 Å². The van der Waals surface area contributed by atoms with Crippen LogP contribution in [0.25, 0.3) is 0 Å². The zero-order valence-corrected chi connectivity index (χ0v) is 11.2. The average molecular weight is 274 g/mol. The van der Waals surface area contributed by atoms with Gasteiger partial charge < -0.3 is 11.1 Å². The molecular weight excluding hydrogens is 253 g/mol. The molecule has 0 amide bonds. The van der Waals surface area contributed by atoms with Gasteiger partial charge in [-0.1, -0.05) is 13.3 Å². The maximum Gasteiger partial charge on any atom is 0.416 e. The first kappa shape index (κ1) is 15.8. The highest BCUT2D eigenvalue weighted by molar-refractivity contribution is 5.49. The Bertz CT molecular complexity index is 389. The highest BCUT2D eigenvalue weighted by Gasteiger charge is 2.32. The van der Waals surface area contributed by atoms with Gasteiger partial charge in [-0.15, -0.1) is 0 Å². The van der Waals surface area contributed by atoms with Crippen LogP contribution in [0.15, 0.2) is 18.2 Å². The molecule has 3 N–H and O–H groups in total. The summed E-state index contributed by atoms with van der Waals surface area (Å²) in [5.74, 6) is 0. The first-order chi connectivity index (χ1) is 8.99. The summed E-state index contributed by atoms with van der Waals surface area (Å²) in [4.78, 5) is 0. The van der Waals surface area contributed by atoms with Gasteiger partial charge in [0.05, 0.1) is 5.56 Å². The summed E-state index contributed by atoms with van der Waals surface area (Å²) in [7, 11) is 0. The van der Waals surface area contributed by atoms with E-state index in [0.717, 1.165) is 37.6 Å². The van der Waals surface area contributed by atoms with Crippen LogP contribution in [0.3, 0.4) is 0 Å². The molecule has 0 radical (unpaired) electrons. The molecule has 0 aliphatic carbocycles. The van der Waals surface area contributed by atoms with Crippen molar-refractivity contribution in [1.82, 2.24) is 0 Å². The molecule has 19 heavy (non-hydrogen) atoms. The smallest absolute Gasteiger partial charge is 0.385 e. The Morgan fingerprint density at radius 3 is 2.47 bits per heavy atom. The summed E-state index contributed by atoms with van der Waals surface area (Å²) in [5, 5.41) is 3.15. The Morgan fingerprint density at radius 2 is 1.89 bits per heavy atom. The molecule has 0 aliphatic rings. The van der Waals surface area contributed by atoms with E-state index in [1.54, 1.807) is 13.0 Å². The van der Waals surface area contributed by atoms with E-state index in [9.17, 15) is 13.2 Å². The van der Waals surface area contributed by atoms with E-state index >= 15 is 0 Å². The van der Waals surface area contributed by atoms with Gasteiger partial charge in [0.25, 0.3) is 0 Å². The Hall–Kier alpha value is -1.23. The molecule has 1 aromatic rings. The third-order valence-corrected chi connectivity index (χ3v) is 3.00. The van der Waals surface area contributed by atoms with Crippen molar-refractivity contribution >= 4 is 5.69 Å². The number of anilines is 1. The van der Waals surface area contributed by atoms with Gasteiger partial charge in [-0.3, -0.25) is 0 Å². The molecule has 0 atom stereocenters. The lowest BCUT2D eigenvalue weighted by Gasteiger charge is -2.14. The Morgan fingerprint density at radius 1 is 1.16 bits per heavy atom. The van der Waals surface area contributed by atoms with Crippen molar-refractivity contribution in [3.8, 4) is 0 Å². The topological polar surface area (TPSA) is 38.0 Å². The summed E-state index contributed by atoms with van der Waals surface area (Å²) in [5.41, 5.74) is 5.93. The van der Waals surface area contributed by atoms with Crippen LogP contribution in [0.1, 0.15) is 37.3 Å². The van der Waals surface area contributed by atoms with Gasteiger partial charge >= 0.3 is 6.18 Å². The third-order valence-electron chi connectivity index (χ3n) is 3.00. The lowest BCUT2D eigenvalue weighted by Crippen LogP contribution is -2.10. The fourth-order valence-electron chi connectivity index (χ4n) is 1.95. The van der Waals surface area contributed by atoms with E-state index in [0.29, 0.717) is 18.5 Å². The van der Waals surface area contributed by atoms with E-state index in [1.165, 1.54) is 6.07 Å². The van der Waals surface area contributed by atoms with Crippen LogP contribution >= 0.6 is 0 Å². The monoisotopic (exact) mass is 274 g/mol. The predicted molar refractivity (Wildman–Crippen MR) is 72.2 cm³/mol. The molecule has 108 valence electrons. The minimum Gasteiger partial charge on any atom is -0.385 e. The van der Waals surface area contributed by atoms with Gasteiger partial charge in [0.15, 0.2) is 0 Å². The van der Waals surface area contributed by atoms with Crippen molar-refractivity contribution in [2.75, 3.05) is 18.4 Å². The van der Waals surface area contributed by atoms with Crippen LogP contribution in [-0.4, -0.2) is 13.1 Å². The molecule has 2 nitrogen and oxygen atoms in total. The molecule has 0 heterocycles. The van der Waals surface area contributed by atoms with Gasteiger partial charge in [-0.25, -0.2) is 0 Å². The first-order valence-corrected chi connectivity index (χ1v) is 6.63. The third kappa shape index (κ3) is 5.11. The number of aryl methyl sites for hydroxylation is 1. The second-order valence-corrected chi connectivity index (χ2v) is 4.50. The number of alkyl halides is 3. The van der Waals surface area contributed by atoms with E-state index in [-0.39, 0.29) is 0 Å². The number of hydrogen-bond donors (Lipinski definition) is 2. The van der Waals surface area contributed by atoms with Crippen LogP contribution in [0.2, 0.25) is 0 Å². The summed E-state index contributed by atoms with van der Waals surface area (Å²) in [6, 6.07) is 4.23. The van der Waals surface area contributed by atoms with Crippen molar-refractivity contribution in [2.45, 2.75) is 38.8 Å². The lowest BCUT2D eigenvalue weighted by atomic mass is 10.0. The van der Waals surface area contributed by atoms with E-state index < -0.39 is 11.7 Å². The molecule has 0 saturated heterocycles. The van der Waals surface area contributed by atoms with Crippen molar-refractivity contribution < 1.29 is 13.2 Å². The minimum atomic E-state index is -4.27. The Balaban J connectivity index is 2.62. The first-order valence-electron chi connectivity index (χ1n) is 6.63. The summed E-state index contributed by atoms with van der Waals surface area (Å²) < 4.78 is 38.2. The van der Waals surface area contributed by atoms with Gasteiger partial charge in [0, 0.05) is 12.2 Å². The van der Waals surface area contributed by atoms with Gasteiger partial charge in [0.2, 0.25) is 0 Å². The van der Waals surface area contributed by atoms with E-state index in [4.69, 9.17) is 5.73 Å². The number of benzene rings is 1. The normalized spacial score (nSPS) is 11.6. The molecule has 0 saturated carbocycles. The Labute approximate surface area is 112 Å². The largest absolute Gasteiger partial charge is 0.416 e. The number of hydrogen-bond acceptors (Lipinski definition) is 2. The zero-order chi connectivity index (χ0) is 14.3. The van der Waals surface area contributed by atoms with Crippen LogP contribution < -0.4 is 11.1 Å². The highest BCUT2D eigenvalue weighted by atomic mass is 19.4. The number of unbranched alkanes of at least 4 members (excludes halogenated alkanes) is 2.